The van der Waals surface area contributed by atoms with E-state index in [2.05, 4.69) is 12.2 Å². The van der Waals surface area contributed by atoms with Crippen molar-refractivity contribution in [2.24, 2.45) is 0 Å². The van der Waals surface area contributed by atoms with Gasteiger partial charge in [-0.3, -0.25) is 0 Å². The van der Waals surface area contributed by atoms with E-state index < -0.39 is 15.1 Å². The van der Waals surface area contributed by atoms with Crippen molar-refractivity contribution >= 4 is 21.4 Å². The highest BCUT2D eigenvalue weighted by Gasteiger charge is 2.26. The van der Waals surface area contributed by atoms with Crippen LogP contribution in [0.2, 0.25) is 5.02 Å². The van der Waals surface area contributed by atoms with Gasteiger partial charge in [-0.1, -0.05) is 30.7 Å². The Hall–Kier alpha value is -0.580. The van der Waals surface area contributed by atoms with Gasteiger partial charge in [0.15, 0.2) is 9.84 Å². The maximum Gasteiger partial charge on any atom is 0.182 e. The molecule has 2 atom stereocenters. The predicted octanol–water partition coefficient (Wildman–Crippen LogP) is 3.28. The van der Waals surface area contributed by atoms with Crippen LogP contribution >= 0.6 is 11.6 Å². The fourth-order valence-corrected chi connectivity index (χ4v) is 4.03. The van der Waals surface area contributed by atoms with E-state index in [4.69, 9.17) is 11.6 Å². The van der Waals surface area contributed by atoms with Crippen LogP contribution in [0.5, 0.6) is 0 Å². The molecule has 1 N–H and O–H groups in total. The lowest BCUT2D eigenvalue weighted by atomic mass is 10.2. The lowest BCUT2D eigenvalue weighted by Crippen LogP contribution is -2.32. The van der Waals surface area contributed by atoms with Crippen molar-refractivity contribution in [3.63, 3.8) is 0 Å². The van der Waals surface area contributed by atoms with Crippen LogP contribution in [0.4, 0.5) is 0 Å². The maximum absolute atomic E-state index is 12.5. The second-order valence-corrected chi connectivity index (χ2v) is 7.62. The molecule has 0 aliphatic rings. The zero-order valence-corrected chi connectivity index (χ0v) is 13.3. The molecule has 0 spiro atoms. The summed E-state index contributed by atoms with van der Waals surface area (Å²) < 4.78 is 24.9. The second kappa shape index (κ2) is 7.27. The van der Waals surface area contributed by atoms with E-state index in [0.717, 1.165) is 13.0 Å². The first-order chi connectivity index (χ1) is 8.89. The normalized spacial score (nSPS) is 15.2. The third-order valence-electron chi connectivity index (χ3n) is 3.10. The maximum atomic E-state index is 12.5. The van der Waals surface area contributed by atoms with E-state index in [1.54, 1.807) is 31.2 Å². The van der Waals surface area contributed by atoms with Crippen LogP contribution in [0.3, 0.4) is 0 Å². The quantitative estimate of drug-likeness (QED) is 0.841. The molecule has 1 aromatic rings. The van der Waals surface area contributed by atoms with Crippen LogP contribution in [0.25, 0.3) is 0 Å². The smallest absolute Gasteiger partial charge is 0.182 e. The van der Waals surface area contributed by atoms with Gasteiger partial charge in [-0.2, -0.15) is 0 Å². The first-order valence-electron chi connectivity index (χ1n) is 6.61. The van der Waals surface area contributed by atoms with Gasteiger partial charge in [-0.15, -0.1) is 0 Å². The summed E-state index contributed by atoms with van der Waals surface area (Å²) in [6.07, 6.45) is 1.61. The Kier molecular flexibility index (Phi) is 6.30. The largest absolute Gasteiger partial charge is 0.314 e. The lowest BCUT2D eigenvalue weighted by molar-refractivity contribution is 0.497. The first kappa shape index (κ1) is 16.5. The number of benzene rings is 1. The summed E-state index contributed by atoms with van der Waals surface area (Å²) in [4.78, 5) is 0.229. The third-order valence-corrected chi connectivity index (χ3v) is 5.76. The number of hydrogen-bond acceptors (Lipinski definition) is 3. The molecule has 0 saturated carbocycles. The molecule has 0 fully saturated rings. The summed E-state index contributed by atoms with van der Waals surface area (Å²) in [6.45, 7) is 6.74. The molecule has 1 aromatic carbocycles. The topological polar surface area (TPSA) is 46.2 Å². The Morgan fingerprint density at radius 3 is 2.47 bits per heavy atom. The van der Waals surface area contributed by atoms with E-state index in [9.17, 15) is 8.42 Å². The van der Waals surface area contributed by atoms with Crippen molar-refractivity contribution in [3.8, 4) is 0 Å². The molecule has 0 bridgehead atoms. The van der Waals surface area contributed by atoms with Gasteiger partial charge < -0.3 is 5.32 Å². The van der Waals surface area contributed by atoms with Crippen molar-refractivity contribution < 1.29 is 8.42 Å². The molecule has 0 radical (unpaired) electrons. The summed E-state index contributed by atoms with van der Waals surface area (Å²) in [7, 11) is -3.36. The van der Waals surface area contributed by atoms with Crippen molar-refractivity contribution in [3.05, 3.63) is 29.3 Å². The van der Waals surface area contributed by atoms with Gasteiger partial charge in [-0.05, 0) is 45.4 Å². The summed E-state index contributed by atoms with van der Waals surface area (Å²) in [5.41, 5.74) is 0. The van der Waals surface area contributed by atoms with E-state index in [1.165, 1.54) is 0 Å². The van der Waals surface area contributed by atoms with Crippen LogP contribution in [-0.4, -0.2) is 26.3 Å². The SMILES string of the molecule is CCCNC(C)CC(C)S(=O)(=O)c1ccccc1Cl. The van der Waals surface area contributed by atoms with Gasteiger partial charge in [0.2, 0.25) is 0 Å². The second-order valence-electron chi connectivity index (χ2n) is 4.88. The van der Waals surface area contributed by atoms with Crippen LogP contribution in [0.15, 0.2) is 29.2 Å². The summed E-state index contributed by atoms with van der Waals surface area (Å²) in [5.74, 6) is 0. The molecular formula is C14H22ClNO2S. The van der Waals surface area contributed by atoms with Gasteiger partial charge in [0.25, 0.3) is 0 Å². The molecule has 0 aromatic heterocycles. The van der Waals surface area contributed by atoms with Crippen LogP contribution in [-0.2, 0) is 9.84 Å². The molecule has 5 heteroatoms. The molecule has 2 unspecified atom stereocenters. The monoisotopic (exact) mass is 303 g/mol. The summed E-state index contributed by atoms with van der Waals surface area (Å²) >= 11 is 5.98. The Morgan fingerprint density at radius 2 is 1.89 bits per heavy atom. The Morgan fingerprint density at radius 1 is 1.26 bits per heavy atom. The van der Waals surface area contributed by atoms with Gasteiger partial charge in [0, 0.05) is 6.04 Å². The minimum atomic E-state index is -3.36. The zero-order chi connectivity index (χ0) is 14.5. The highest BCUT2D eigenvalue weighted by atomic mass is 35.5. The third kappa shape index (κ3) is 4.48. The van der Waals surface area contributed by atoms with Crippen molar-refractivity contribution in [1.82, 2.24) is 5.32 Å². The molecule has 0 heterocycles. The van der Waals surface area contributed by atoms with Crippen molar-refractivity contribution in [1.29, 1.82) is 0 Å². The fourth-order valence-electron chi connectivity index (χ4n) is 1.99. The van der Waals surface area contributed by atoms with E-state index >= 15 is 0 Å². The first-order valence-corrected chi connectivity index (χ1v) is 8.53. The van der Waals surface area contributed by atoms with Crippen molar-refractivity contribution in [2.45, 2.75) is 49.8 Å². The Bertz CT molecular complexity index is 502. The number of rotatable bonds is 7. The average Bonchev–Trinajstić information content (AvgIpc) is 2.36. The minimum absolute atomic E-state index is 0.173. The summed E-state index contributed by atoms with van der Waals surface area (Å²) in [6, 6.07) is 6.78. The molecule has 1 rings (SSSR count). The predicted molar refractivity (Wildman–Crippen MR) is 80.5 cm³/mol. The van der Waals surface area contributed by atoms with Crippen LogP contribution < -0.4 is 5.32 Å². The average molecular weight is 304 g/mol. The lowest BCUT2D eigenvalue weighted by Gasteiger charge is -2.19. The highest BCUT2D eigenvalue weighted by Crippen LogP contribution is 2.26. The van der Waals surface area contributed by atoms with Crippen LogP contribution in [0, 0.1) is 0 Å². The van der Waals surface area contributed by atoms with E-state index in [1.807, 2.05) is 6.92 Å². The molecule has 3 nitrogen and oxygen atoms in total. The van der Waals surface area contributed by atoms with Crippen molar-refractivity contribution in [2.75, 3.05) is 6.54 Å². The van der Waals surface area contributed by atoms with Crippen LogP contribution in [0.1, 0.15) is 33.6 Å². The Labute approximate surface area is 121 Å². The highest BCUT2D eigenvalue weighted by molar-refractivity contribution is 7.92. The number of nitrogens with one attached hydrogen (secondary N) is 1. The molecule has 0 amide bonds. The number of hydrogen-bond donors (Lipinski definition) is 1. The molecule has 0 saturated heterocycles. The van der Waals surface area contributed by atoms with Gasteiger partial charge in [0.05, 0.1) is 15.2 Å². The molecule has 0 aliphatic heterocycles. The fraction of sp³-hybridized carbons (Fsp3) is 0.571. The number of halogens is 1. The minimum Gasteiger partial charge on any atom is -0.314 e. The van der Waals surface area contributed by atoms with Gasteiger partial charge in [0.1, 0.15) is 0 Å². The molecular weight excluding hydrogens is 282 g/mol. The number of sulfone groups is 1. The van der Waals surface area contributed by atoms with E-state index in [0.29, 0.717) is 11.4 Å². The molecule has 19 heavy (non-hydrogen) atoms. The zero-order valence-electron chi connectivity index (χ0n) is 11.7. The Balaban J connectivity index is 2.81. The summed E-state index contributed by atoms with van der Waals surface area (Å²) in [5, 5.41) is 3.15. The molecule has 108 valence electrons. The molecule has 0 aliphatic carbocycles. The standard InChI is InChI=1S/C14H22ClNO2S/c1-4-9-16-11(2)10-12(3)19(17,18)14-8-6-5-7-13(14)15/h5-8,11-12,16H,4,9-10H2,1-3H3. The van der Waals surface area contributed by atoms with E-state index in [-0.39, 0.29) is 10.9 Å². The van der Waals surface area contributed by atoms with Gasteiger partial charge in [-0.25, -0.2) is 8.42 Å². The van der Waals surface area contributed by atoms with Gasteiger partial charge >= 0.3 is 0 Å².